The van der Waals surface area contributed by atoms with Crippen LogP contribution in [0, 0.1) is 0 Å². The van der Waals surface area contributed by atoms with Gasteiger partial charge in [0.25, 0.3) is 0 Å². The predicted octanol–water partition coefficient (Wildman–Crippen LogP) is 3.45. The number of carboxylic acids is 1. The first-order valence-corrected chi connectivity index (χ1v) is 9.08. The summed E-state index contributed by atoms with van der Waals surface area (Å²) in [6.45, 7) is 3.92. The fraction of sp³-hybridized carbons (Fsp3) is 0.316. The summed E-state index contributed by atoms with van der Waals surface area (Å²) in [4.78, 5) is 27.7. The van der Waals surface area contributed by atoms with Crippen LogP contribution in [0.15, 0.2) is 41.8 Å². The molecule has 0 aliphatic heterocycles. The van der Waals surface area contributed by atoms with Gasteiger partial charge in [0.2, 0.25) is 5.91 Å². The summed E-state index contributed by atoms with van der Waals surface area (Å²) in [7, 11) is 0. The molecule has 0 aliphatic carbocycles. The zero-order valence-corrected chi connectivity index (χ0v) is 15.2. The average Bonchev–Trinajstić information content (AvgIpc) is 3.06. The highest BCUT2D eigenvalue weighted by Crippen LogP contribution is 2.24. The number of carbonyl (C=O) groups is 2. The van der Waals surface area contributed by atoms with E-state index in [1.54, 1.807) is 12.2 Å². The summed E-state index contributed by atoms with van der Waals surface area (Å²) in [5.41, 5.74) is 2.93. The van der Waals surface area contributed by atoms with E-state index in [4.69, 9.17) is 5.11 Å². The van der Waals surface area contributed by atoms with E-state index in [9.17, 15) is 9.59 Å². The van der Waals surface area contributed by atoms with Crippen LogP contribution in [0.2, 0.25) is 0 Å². The van der Waals surface area contributed by atoms with Gasteiger partial charge in [0, 0.05) is 10.9 Å². The molecule has 1 aromatic heterocycles. The van der Waals surface area contributed by atoms with Crippen LogP contribution in [0.5, 0.6) is 0 Å². The molecule has 0 spiro atoms. The first kappa shape index (κ1) is 18.9. The third kappa shape index (κ3) is 5.53. The fourth-order valence-corrected chi connectivity index (χ4v) is 3.13. The van der Waals surface area contributed by atoms with Crippen molar-refractivity contribution in [1.82, 2.24) is 10.3 Å². The number of aromatic nitrogens is 1. The normalized spacial score (nSPS) is 12.2. The molecule has 1 heterocycles. The lowest BCUT2D eigenvalue weighted by atomic mass is 10.1. The Balaban J connectivity index is 1.99. The highest BCUT2D eigenvalue weighted by Gasteiger charge is 2.19. The van der Waals surface area contributed by atoms with Crippen molar-refractivity contribution in [1.29, 1.82) is 0 Å². The van der Waals surface area contributed by atoms with Crippen LogP contribution in [0.3, 0.4) is 0 Å². The topological polar surface area (TPSA) is 79.3 Å². The minimum atomic E-state index is -1.04. The lowest BCUT2D eigenvalue weighted by molar-refractivity contribution is -0.141. The molecule has 2 rings (SSSR count). The number of benzene rings is 1. The number of hydrogen-bond donors (Lipinski definition) is 2. The number of nitrogens with one attached hydrogen (secondary N) is 1. The van der Waals surface area contributed by atoms with Gasteiger partial charge in [-0.05, 0) is 25.3 Å². The number of nitrogens with zero attached hydrogens (tertiary/aromatic N) is 1. The molecule has 1 unspecified atom stereocenters. The number of thiazole rings is 1. The van der Waals surface area contributed by atoms with Gasteiger partial charge in [0.05, 0.1) is 12.1 Å². The third-order valence-corrected chi connectivity index (χ3v) is 4.68. The quantitative estimate of drug-likeness (QED) is 0.709. The molecule has 0 fully saturated rings. The minimum Gasteiger partial charge on any atom is -0.480 e. The summed E-state index contributed by atoms with van der Waals surface area (Å²) >= 11 is 1.48. The Labute approximate surface area is 151 Å². The van der Waals surface area contributed by atoms with E-state index in [0.29, 0.717) is 5.69 Å². The monoisotopic (exact) mass is 358 g/mol. The zero-order chi connectivity index (χ0) is 18.2. The van der Waals surface area contributed by atoms with Crippen LogP contribution in [0.4, 0.5) is 0 Å². The van der Waals surface area contributed by atoms with Crippen LogP contribution >= 0.6 is 11.3 Å². The molecule has 2 aromatic rings. The Kier molecular flexibility index (Phi) is 6.89. The number of aryl methyl sites for hydroxylation is 1. The van der Waals surface area contributed by atoms with Gasteiger partial charge in [0.15, 0.2) is 0 Å². The summed E-state index contributed by atoms with van der Waals surface area (Å²) in [5, 5.41) is 14.4. The van der Waals surface area contributed by atoms with Crippen molar-refractivity contribution >= 4 is 23.2 Å². The van der Waals surface area contributed by atoms with Crippen LogP contribution < -0.4 is 5.32 Å². The Morgan fingerprint density at radius 1 is 1.32 bits per heavy atom. The van der Waals surface area contributed by atoms with Crippen molar-refractivity contribution in [2.24, 2.45) is 0 Å². The summed E-state index contributed by atoms with van der Waals surface area (Å²) in [5.74, 6) is -1.38. The lowest BCUT2D eigenvalue weighted by Crippen LogP contribution is -2.41. The smallest absolute Gasteiger partial charge is 0.326 e. The first-order valence-electron chi connectivity index (χ1n) is 8.20. The van der Waals surface area contributed by atoms with Crippen LogP contribution in [-0.2, 0) is 22.4 Å². The standard InChI is InChI=1S/C19H22N2O3S/c1-3-5-6-16(19(23)24)21-17(22)11-15-12-25-18(20-15)14-9-7-13(4-2)8-10-14/h3,5,7-10,12,16H,4,6,11H2,1-2H3,(H,21,22)(H,23,24)/b5-3+. The van der Waals surface area contributed by atoms with Gasteiger partial charge < -0.3 is 10.4 Å². The molecule has 0 bridgehead atoms. The SMILES string of the molecule is C/C=C/CC(NC(=O)Cc1csc(-c2ccc(CC)cc2)n1)C(=O)O. The highest BCUT2D eigenvalue weighted by atomic mass is 32.1. The van der Waals surface area contributed by atoms with Crippen molar-refractivity contribution < 1.29 is 14.7 Å². The number of carboxylic acid groups (broad SMARTS) is 1. The minimum absolute atomic E-state index is 0.0726. The summed E-state index contributed by atoms with van der Waals surface area (Å²) < 4.78 is 0. The lowest BCUT2D eigenvalue weighted by Gasteiger charge is -2.11. The average molecular weight is 358 g/mol. The van der Waals surface area contributed by atoms with Crippen LogP contribution in [0.25, 0.3) is 10.6 Å². The van der Waals surface area contributed by atoms with Crippen molar-refractivity contribution in [3.8, 4) is 10.6 Å². The molecule has 0 saturated heterocycles. The van der Waals surface area contributed by atoms with Gasteiger partial charge >= 0.3 is 5.97 Å². The van der Waals surface area contributed by atoms with Crippen LogP contribution in [-0.4, -0.2) is 28.0 Å². The number of carbonyl (C=O) groups excluding carboxylic acids is 1. The van der Waals surface area contributed by atoms with Gasteiger partial charge in [-0.25, -0.2) is 9.78 Å². The highest BCUT2D eigenvalue weighted by molar-refractivity contribution is 7.13. The molecule has 2 N–H and O–H groups in total. The largest absolute Gasteiger partial charge is 0.480 e. The van der Waals surface area contributed by atoms with Crippen LogP contribution in [0.1, 0.15) is 31.5 Å². The van der Waals surface area contributed by atoms with Gasteiger partial charge in [-0.15, -0.1) is 11.3 Å². The Morgan fingerprint density at radius 2 is 2.04 bits per heavy atom. The Hall–Kier alpha value is -2.47. The second-order valence-corrected chi connectivity index (χ2v) is 6.49. The van der Waals surface area contributed by atoms with Gasteiger partial charge in [-0.2, -0.15) is 0 Å². The van der Waals surface area contributed by atoms with Crippen molar-refractivity contribution in [3.05, 3.63) is 53.1 Å². The van der Waals surface area contributed by atoms with Gasteiger partial charge in [-0.3, -0.25) is 4.79 Å². The van der Waals surface area contributed by atoms with Crippen molar-refractivity contribution in [2.45, 2.75) is 39.2 Å². The molecule has 1 aromatic carbocycles. The molecule has 1 amide bonds. The van der Waals surface area contributed by atoms with Crippen molar-refractivity contribution in [3.63, 3.8) is 0 Å². The number of rotatable bonds is 8. The second-order valence-electron chi connectivity index (χ2n) is 5.63. The molecule has 0 radical (unpaired) electrons. The van der Waals surface area contributed by atoms with E-state index in [1.807, 2.05) is 24.4 Å². The molecule has 132 valence electrons. The Bertz CT molecular complexity index is 750. The van der Waals surface area contributed by atoms with E-state index in [0.717, 1.165) is 17.0 Å². The molecular formula is C19H22N2O3S. The second kappa shape index (κ2) is 9.13. The first-order chi connectivity index (χ1) is 12.0. The maximum Gasteiger partial charge on any atom is 0.326 e. The van der Waals surface area contributed by atoms with Gasteiger partial charge in [-0.1, -0.05) is 43.3 Å². The summed E-state index contributed by atoms with van der Waals surface area (Å²) in [6, 6.07) is 7.28. The molecule has 5 nitrogen and oxygen atoms in total. The number of hydrogen-bond acceptors (Lipinski definition) is 4. The van der Waals surface area contributed by atoms with Crippen molar-refractivity contribution in [2.75, 3.05) is 0 Å². The van der Waals surface area contributed by atoms with Gasteiger partial charge in [0.1, 0.15) is 11.0 Å². The fourth-order valence-electron chi connectivity index (χ4n) is 2.31. The van der Waals surface area contributed by atoms with E-state index >= 15 is 0 Å². The third-order valence-electron chi connectivity index (χ3n) is 3.74. The molecule has 0 saturated carbocycles. The summed E-state index contributed by atoms with van der Waals surface area (Å²) in [6.07, 6.45) is 4.81. The molecule has 0 aliphatic rings. The van der Waals surface area contributed by atoms with E-state index in [2.05, 4.69) is 29.4 Å². The van der Waals surface area contributed by atoms with E-state index in [1.165, 1.54) is 16.9 Å². The molecular weight excluding hydrogens is 336 g/mol. The molecule has 25 heavy (non-hydrogen) atoms. The predicted molar refractivity (Wildman–Crippen MR) is 99.6 cm³/mol. The van der Waals surface area contributed by atoms with E-state index in [-0.39, 0.29) is 18.7 Å². The molecule has 1 atom stereocenters. The maximum absolute atomic E-state index is 12.1. The van der Waals surface area contributed by atoms with E-state index < -0.39 is 12.0 Å². The number of allylic oxidation sites excluding steroid dienone is 1. The zero-order valence-electron chi connectivity index (χ0n) is 14.4. The Morgan fingerprint density at radius 3 is 2.64 bits per heavy atom. The number of amides is 1. The molecule has 6 heteroatoms. The maximum atomic E-state index is 12.1. The number of aliphatic carboxylic acids is 1.